The molecule has 0 saturated carbocycles. The Kier molecular flexibility index (Phi) is 4.30. The van der Waals surface area contributed by atoms with Gasteiger partial charge in [0.05, 0.1) is 17.9 Å². The molecule has 2 aromatic heterocycles. The minimum absolute atomic E-state index is 0.181. The molecule has 4 rings (SSSR count). The third kappa shape index (κ3) is 3.32. The van der Waals surface area contributed by atoms with Crippen LogP contribution in [0.25, 0.3) is 11.3 Å². The average Bonchev–Trinajstić information content (AvgIpc) is 3.20. The van der Waals surface area contributed by atoms with Gasteiger partial charge in [-0.15, -0.1) is 0 Å². The first-order chi connectivity index (χ1) is 12.3. The fourth-order valence-electron chi connectivity index (χ4n) is 2.57. The lowest BCUT2D eigenvalue weighted by molar-refractivity contribution is -0.130. The van der Waals surface area contributed by atoms with Crippen molar-refractivity contribution >= 4 is 17.2 Å². The molecule has 126 valence electrons. The van der Waals surface area contributed by atoms with Gasteiger partial charge >= 0.3 is 0 Å². The van der Waals surface area contributed by atoms with Gasteiger partial charge in [-0.25, -0.2) is 0 Å². The van der Waals surface area contributed by atoms with E-state index in [0.717, 1.165) is 11.3 Å². The number of para-hydroxylation sites is 2. The number of fused-ring (bicyclic) bond motifs is 1. The molecule has 1 aromatic carbocycles. The summed E-state index contributed by atoms with van der Waals surface area (Å²) in [4.78, 5) is 21.1. The summed E-state index contributed by atoms with van der Waals surface area (Å²) in [7, 11) is 0. The van der Waals surface area contributed by atoms with Crippen LogP contribution >= 0.6 is 11.3 Å². The van der Waals surface area contributed by atoms with E-state index in [1.165, 1.54) is 0 Å². The quantitative estimate of drug-likeness (QED) is 0.781. The number of rotatable bonds is 4. The highest BCUT2D eigenvalue weighted by Gasteiger charge is 2.27. The van der Waals surface area contributed by atoms with Crippen LogP contribution in [0.1, 0.15) is 5.69 Å². The highest BCUT2D eigenvalue weighted by molar-refractivity contribution is 7.08. The molecule has 7 heteroatoms. The second-order valence-corrected chi connectivity index (χ2v) is 6.23. The minimum Gasteiger partial charge on any atom is -0.485 e. The van der Waals surface area contributed by atoms with Crippen LogP contribution in [-0.2, 0) is 11.3 Å². The number of nitrogens with zero attached hydrogens (tertiary/aromatic N) is 2. The Balaban J connectivity index is 1.44. The van der Waals surface area contributed by atoms with Crippen LogP contribution in [0.3, 0.4) is 0 Å². The molecular formula is C18H15N3O3S. The van der Waals surface area contributed by atoms with Crippen LogP contribution in [0.5, 0.6) is 11.5 Å². The molecule has 0 saturated heterocycles. The monoisotopic (exact) mass is 353 g/mol. The van der Waals surface area contributed by atoms with Gasteiger partial charge < -0.3 is 14.8 Å². The Hall–Kier alpha value is -2.93. The van der Waals surface area contributed by atoms with Crippen LogP contribution in [0.2, 0.25) is 0 Å². The fourth-order valence-corrected chi connectivity index (χ4v) is 3.21. The van der Waals surface area contributed by atoms with E-state index in [4.69, 9.17) is 9.47 Å². The molecule has 1 aliphatic rings. The zero-order valence-electron chi connectivity index (χ0n) is 13.2. The standard InChI is InChI=1S/C18H15N3O3S/c22-18(16-10-23-14-3-1-2-4-15(14)24-16)21-9-13-17(20-7-6-19-13)12-5-8-25-11-12/h1-8,11,16H,9-10H2,(H,21,22). The van der Waals surface area contributed by atoms with Gasteiger partial charge in [-0.1, -0.05) is 12.1 Å². The smallest absolute Gasteiger partial charge is 0.265 e. The normalized spacial score (nSPS) is 15.6. The van der Waals surface area contributed by atoms with Gasteiger partial charge in [-0.2, -0.15) is 11.3 Å². The van der Waals surface area contributed by atoms with Gasteiger partial charge in [0.25, 0.3) is 5.91 Å². The molecular weight excluding hydrogens is 338 g/mol. The Morgan fingerprint density at radius 3 is 2.88 bits per heavy atom. The topological polar surface area (TPSA) is 73.3 Å². The molecule has 3 aromatic rings. The number of ether oxygens (including phenoxy) is 2. The zero-order chi connectivity index (χ0) is 17.1. The molecule has 0 fully saturated rings. The van der Waals surface area contributed by atoms with Crippen molar-refractivity contribution < 1.29 is 14.3 Å². The highest BCUT2D eigenvalue weighted by atomic mass is 32.1. The molecule has 0 spiro atoms. The molecule has 25 heavy (non-hydrogen) atoms. The fraction of sp³-hybridized carbons (Fsp3) is 0.167. The van der Waals surface area contributed by atoms with Gasteiger partial charge in [0.1, 0.15) is 6.61 Å². The van der Waals surface area contributed by atoms with Gasteiger partial charge in [-0.3, -0.25) is 14.8 Å². The highest BCUT2D eigenvalue weighted by Crippen LogP contribution is 2.31. The van der Waals surface area contributed by atoms with E-state index in [2.05, 4.69) is 15.3 Å². The van der Waals surface area contributed by atoms with E-state index in [0.29, 0.717) is 17.2 Å². The summed E-state index contributed by atoms with van der Waals surface area (Å²) in [5.41, 5.74) is 2.48. The van der Waals surface area contributed by atoms with Crippen LogP contribution in [-0.4, -0.2) is 28.6 Å². The first-order valence-electron chi connectivity index (χ1n) is 7.80. The predicted molar refractivity (Wildman–Crippen MR) is 93.5 cm³/mol. The Bertz CT molecular complexity index is 883. The van der Waals surface area contributed by atoms with E-state index in [9.17, 15) is 4.79 Å². The van der Waals surface area contributed by atoms with Crippen LogP contribution in [0, 0.1) is 0 Å². The lowest BCUT2D eigenvalue weighted by atomic mass is 10.2. The maximum absolute atomic E-state index is 12.4. The summed E-state index contributed by atoms with van der Waals surface area (Å²) in [6.45, 7) is 0.458. The first kappa shape index (κ1) is 15.6. The molecule has 1 atom stereocenters. The van der Waals surface area contributed by atoms with E-state index in [1.54, 1.807) is 29.8 Å². The van der Waals surface area contributed by atoms with Crippen molar-refractivity contribution in [1.82, 2.24) is 15.3 Å². The number of aromatic nitrogens is 2. The predicted octanol–water partition coefficient (Wildman–Crippen LogP) is 2.66. The summed E-state index contributed by atoms with van der Waals surface area (Å²) in [5, 5.41) is 6.85. The van der Waals surface area contributed by atoms with Gasteiger partial charge in [-0.05, 0) is 23.6 Å². The molecule has 0 bridgehead atoms. The Morgan fingerprint density at radius 1 is 1.20 bits per heavy atom. The van der Waals surface area contributed by atoms with E-state index in [1.807, 2.05) is 35.0 Å². The molecule has 0 radical (unpaired) electrons. The number of benzene rings is 1. The average molecular weight is 353 g/mol. The van der Waals surface area contributed by atoms with Crippen molar-refractivity contribution in [2.24, 2.45) is 0 Å². The summed E-state index contributed by atoms with van der Waals surface area (Å²) >= 11 is 1.59. The SMILES string of the molecule is O=C(NCc1nccnc1-c1ccsc1)C1COc2ccccc2O1. The second-order valence-electron chi connectivity index (χ2n) is 5.45. The van der Waals surface area contributed by atoms with Gasteiger partial charge in [0.2, 0.25) is 6.10 Å². The molecule has 1 aliphatic heterocycles. The number of hydrogen-bond donors (Lipinski definition) is 1. The maximum Gasteiger partial charge on any atom is 0.265 e. The number of nitrogens with one attached hydrogen (secondary N) is 1. The molecule has 1 amide bonds. The molecule has 0 aliphatic carbocycles. The molecule has 6 nitrogen and oxygen atoms in total. The Labute approximate surface area is 148 Å². The summed E-state index contributed by atoms with van der Waals surface area (Å²) in [5.74, 6) is 0.990. The van der Waals surface area contributed by atoms with Crippen molar-refractivity contribution in [1.29, 1.82) is 0 Å². The number of carbonyl (C=O) groups excluding carboxylic acids is 1. The van der Waals surface area contributed by atoms with Crippen LogP contribution in [0.4, 0.5) is 0 Å². The van der Waals surface area contributed by atoms with Crippen molar-refractivity contribution in [3.8, 4) is 22.8 Å². The van der Waals surface area contributed by atoms with Crippen molar-refractivity contribution in [2.45, 2.75) is 12.6 Å². The lowest BCUT2D eigenvalue weighted by Crippen LogP contribution is -2.43. The summed E-state index contributed by atoms with van der Waals surface area (Å²) in [6.07, 6.45) is 2.58. The van der Waals surface area contributed by atoms with E-state index < -0.39 is 6.10 Å². The third-order valence-corrected chi connectivity index (χ3v) is 4.48. The second kappa shape index (κ2) is 6.90. The Morgan fingerprint density at radius 2 is 2.04 bits per heavy atom. The van der Waals surface area contributed by atoms with Crippen molar-refractivity contribution in [2.75, 3.05) is 6.61 Å². The van der Waals surface area contributed by atoms with Crippen LogP contribution in [0.15, 0.2) is 53.5 Å². The largest absolute Gasteiger partial charge is 0.485 e. The van der Waals surface area contributed by atoms with Crippen molar-refractivity contribution in [3.63, 3.8) is 0 Å². The maximum atomic E-state index is 12.4. The van der Waals surface area contributed by atoms with Gasteiger partial charge in [0.15, 0.2) is 11.5 Å². The zero-order valence-corrected chi connectivity index (χ0v) is 14.0. The molecule has 1 unspecified atom stereocenters. The number of amides is 1. The van der Waals surface area contributed by atoms with Crippen molar-refractivity contribution in [3.05, 3.63) is 59.2 Å². The first-order valence-corrected chi connectivity index (χ1v) is 8.74. The number of carbonyl (C=O) groups is 1. The number of hydrogen-bond acceptors (Lipinski definition) is 6. The molecule has 1 N–H and O–H groups in total. The van der Waals surface area contributed by atoms with E-state index >= 15 is 0 Å². The summed E-state index contributed by atoms with van der Waals surface area (Å²) in [6, 6.07) is 9.29. The number of thiophene rings is 1. The summed E-state index contributed by atoms with van der Waals surface area (Å²) < 4.78 is 11.3. The van der Waals surface area contributed by atoms with Crippen LogP contribution < -0.4 is 14.8 Å². The minimum atomic E-state index is -0.684. The third-order valence-electron chi connectivity index (χ3n) is 3.80. The van der Waals surface area contributed by atoms with E-state index in [-0.39, 0.29) is 19.1 Å². The lowest BCUT2D eigenvalue weighted by Gasteiger charge is -2.25. The van der Waals surface area contributed by atoms with Gasteiger partial charge in [0, 0.05) is 23.3 Å². The molecule has 3 heterocycles.